The Hall–Kier alpha value is -3.70. The topological polar surface area (TPSA) is 99.1 Å². The summed E-state index contributed by atoms with van der Waals surface area (Å²) in [6, 6.07) is 18.7. The largest absolute Gasteiger partial charge is 0.322 e. The van der Waals surface area contributed by atoms with E-state index in [-0.39, 0.29) is 16.1 Å². The minimum absolute atomic E-state index is 0.0418. The Morgan fingerprint density at radius 3 is 2.25 bits per heavy atom. The Bertz CT molecular complexity index is 1150. The van der Waals surface area contributed by atoms with Crippen LogP contribution in [0, 0.1) is 17.1 Å². The maximum atomic E-state index is 12.9. The van der Waals surface area contributed by atoms with E-state index in [0.29, 0.717) is 11.3 Å². The van der Waals surface area contributed by atoms with Crippen LogP contribution in [0.15, 0.2) is 77.7 Å². The fourth-order valence-electron chi connectivity index (χ4n) is 2.39. The van der Waals surface area contributed by atoms with Crippen LogP contribution in [0.1, 0.15) is 15.9 Å². The Morgan fingerprint density at radius 1 is 0.929 bits per heavy atom. The third-order valence-electron chi connectivity index (χ3n) is 3.77. The van der Waals surface area contributed by atoms with Gasteiger partial charge < -0.3 is 5.32 Å². The van der Waals surface area contributed by atoms with Crippen molar-refractivity contribution in [3.8, 4) is 6.07 Å². The fraction of sp³-hybridized carbons (Fsp3) is 0. The number of nitriles is 1. The van der Waals surface area contributed by atoms with Gasteiger partial charge in [-0.05, 0) is 66.7 Å². The average molecular weight is 395 g/mol. The number of carbonyl (C=O) groups excluding carboxylic acids is 1. The zero-order valence-corrected chi connectivity index (χ0v) is 15.2. The number of benzene rings is 3. The lowest BCUT2D eigenvalue weighted by molar-refractivity contribution is 0.102. The first kappa shape index (κ1) is 19.1. The zero-order chi connectivity index (χ0) is 20.1. The number of halogens is 1. The molecule has 0 spiro atoms. The molecule has 0 atom stereocenters. The third kappa shape index (κ3) is 4.52. The second kappa shape index (κ2) is 7.90. The van der Waals surface area contributed by atoms with Gasteiger partial charge >= 0.3 is 0 Å². The number of nitrogens with one attached hydrogen (secondary N) is 2. The summed E-state index contributed by atoms with van der Waals surface area (Å²) in [7, 11) is -3.88. The van der Waals surface area contributed by atoms with Crippen LogP contribution in [0.2, 0.25) is 0 Å². The number of nitrogens with zero attached hydrogens (tertiary/aromatic N) is 1. The molecule has 3 rings (SSSR count). The molecule has 3 aromatic carbocycles. The van der Waals surface area contributed by atoms with Gasteiger partial charge in [-0.3, -0.25) is 9.52 Å². The van der Waals surface area contributed by atoms with Crippen LogP contribution in [0.4, 0.5) is 15.8 Å². The summed E-state index contributed by atoms with van der Waals surface area (Å²) < 4.78 is 40.1. The predicted octanol–water partition coefficient (Wildman–Crippen LogP) is 3.75. The summed E-state index contributed by atoms with van der Waals surface area (Å²) >= 11 is 0. The number of hydrogen-bond donors (Lipinski definition) is 2. The quantitative estimate of drug-likeness (QED) is 0.687. The Labute approximate surface area is 161 Å². The number of carbonyl (C=O) groups is 1. The van der Waals surface area contributed by atoms with Crippen molar-refractivity contribution in [2.24, 2.45) is 0 Å². The molecule has 0 aliphatic rings. The summed E-state index contributed by atoms with van der Waals surface area (Å²) in [5.74, 6) is -0.913. The minimum Gasteiger partial charge on any atom is -0.322 e. The van der Waals surface area contributed by atoms with Crippen LogP contribution in [0.3, 0.4) is 0 Å². The molecule has 0 bridgehead atoms. The van der Waals surface area contributed by atoms with E-state index >= 15 is 0 Å². The van der Waals surface area contributed by atoms with Gasteiger partial charge in [0.15, 0.2) is 0 Å². The molecular weight excluding hydrogens is 381 g/mol. The van der Waals surface area contributed by atoms with E-state index in [1.807, 2.05) is 6.07 Å². The molecule has 0 heterocycles. The van der Waals surface area contributed by atoms with Gasteiger partial charge in [0.1, 0.15) is 5.82 Å². The minimum atomic E-state index is -3.88. The van der Waals surface area contributed by atoms with Gasteiger partial charge in [0.25, 0.3) is 15.9 Å². The van der Waals surface area contributed by atoms with Crippen LogP contribution in [-0.2, 0) is 10.0 Å². The van der Waals surface area contributed by atoms with E-state index in [1.54, 1.807) is 18.2 Å². The van der Waals surface area contributed by atoms with Gasteiger partial charge in [-0.25, -0.2) is 12.8 Å². The summed E-state index contributed by atoms with van der Waals surface area (Å²) in [5, 5.41) is 11.5. The van der Waals surface area contributed by atoms with Gasteiger partial charge in [0.2, 0.25) is 0 Å². The van der Waals surface area contributed by atoms with Crippen molar-refractivity contribution in [2.75, 3.05) is 10.0 Å². The summed E-state index contributed by atoms with van der Waals surface area (Å²) in [4.78, 5) is 12.3. The molecule has 0 aliphatic heterocycles. The predicted molar refractivity (Wildman–Crippen MR) is 103 cm³/mol. The van der Waals surface area contributed by atoms with Crippen molar-refractivity contribution in [3.63, 3.8) is 0 Å². The summed E-state index contributed by atoms with van der Waals surface area (Å²) in [5.41, 5.74) is 1.34. The molecular formula is C20H14FN3O3S. The van der Waals surface area contributed by atoms with Crippen LogP contribution < -0.4 is 10.0 Å². The smallest absolute Gasteiger partial charge is 0.261 e. The van der Waals surface area contributed by atoms with Crippen molar-refractivity contribution in [2.45, 2.75) is 4.90 Å². The second-order valence-electron chi connectivity index (χ2n) is 5.78. The van der Waals surface area contributed by atoms with Crippen molar-refractivity contribution >= 4 is 27.3 Å². The lowest BCUT2D eigenvalue weighted by atomic mass is 10.2. The molecule has 1 amide bonds. The van der Waals surface area contributed by atoms with Gasteiger partial charge in [-0.2, -0.15) is 5.26 Å². The zero-order valence-electron chi connectivity index (χ0n) is 14.4. The normalized spacial score (nSPS) is 10.7. The van der Waals surface area contributed by atoms with E-state index in [1.165, 1.54) is 42.5 Å². The Kier molecular flexibility index (Phi) is 5.38. The highest BCUT2D eigenvalue weighted by molar-refractivity contribution is 7.92. The molecule has 0 fully saturated rings. The average Bonchev–Trinajstić information content (AvgIpc) is 2.70. The van der Waals surface area contributed by atoms with Crippen LogP contribution >= 0.6 is 0 Å². The molecule has 28 heavy (non-hydrogen) atoms. The Balaban J connectivity index is 1.74. The van der Waals surface area contributed by atoms with Gasteiger partial charge in [0.05, 0.1) is 16.5 Å². The van der Waals surface area contributed by atoms with Crippen molar-refractivity contribution in [3.05, 3.63) is 89.7 Å². The standard InChI is InChI=1S/C20H14FN3O3S/c21-16-6-8-17(9-7-16)24-28(26,27)19-10-4-15(5-11-19)20(25)23-18-3-1-2-14(12-18)13-22/h1-12,24H,(H,23,25). The lowest BCUT2D eigenvalue weighted by Crippen LogP contribution is -2.15. The SMILES string of the molecule is N#Cc1cccc(NC(=O)c2ccc(S(=O)(=O)Nc3ccc(F)cc3)cc2)c1. The Morgan fingerprint density at radius 2 is 1.61 bits per heavy atom. The lowest BCUT2D eigenvalue weighted by Gasteiger charge is -2.09. The molecule has 0 aromatic heterocycles. The second-order valence-corrected chi connectivity index (χ2v) is 7.47. The summed E-state index contributed by atoms with van der Waals surface area (Å²) in [6.45, 7) is 0. The molecule has 0 saturated carbocycles. The molecule has 0 aliphatic carbocycles. The number of anilines is 2. The highest BCUT2D eigenvalue weighted by Crippen LogP contribution is 2.18. The van der Waals surface area contributed by atoms with E-state index < -0.39 is 21.7 Å². The van der Waals surface area contributed by atoms with Crippen molar-refractivity contribution in [1.29, 1.82) is 5.26 Å². The molecule has 8 heteroatoms. The molecule has 140 valence electrons. The number of hydrogen-bond acceptors (Lipinski definition) is 4. The maximum Gasteiger partial charge on any atom is 0.261 e. The van der Waals surface area contributed by atoms with Gasteiger partial charge in [-0.15, -0.1) is 0 Å². The first-order valence-corrected chi connectivity index (χ1v) is 9.56. The van der Waals surface area contributed by atoms with Crippen LogP contribution in [0.5, 0.6) is 0 Å². The van der Waals surface area contributed by atoms with Crippen LogP contribution in [-0.4, -0.2) is 14.3 Å². The van der Waals surface area contributed by atoms with Crippen molar-refractivity contribution < 1.29 is 17.6 Å². The highest BCUT2D eigenvalue weighted by atomic mass is 32.2. The molecule has 2 N–H and O–H groups in total. The van der Waals surface area contributed by atoms with E-state index in [2.05, 4.69) is 10.0 Å². The van der Waals surface area contributed by atoms with Crippen molar-refractivity contribution in [1.82, 2.24) is 0 Å². The molecule has 0 radical (unpaired) electrons. The van der Waals surface area contributed by atoms with E-state index in [4.69, 9.17) is 5.26 Å². The first-order valence-electron chi connectivity index (χ1n) is 8.07. The highest BCUT2D eigenvalue weighted by Gasteiger charge is 2.15. The maximum absolute atomic E-state index is 12.9. The fourth-order valence-corrected chi connectivity index (χ4v) is 3.45. The number of sulfonamides is 1. The van der Waals surface area contributed by atoms with Gasteiger partial charge in [-0.1, -0.05) is 6.07 Å². The molecule has 3 aromatic rings. The summed E-state index contributed by atoms with van der Waals surface area (Å²) in [6.07, 6.45) is 0. The van der Waals surface area contributed by atoms with E-state index in [0.717, 1.165) is 12.1 Å². The molecule has 0 saturated heterocycles. The first-order chi connectivity index (χ1) is 13.4. The van der Waals surface area contributed by atoms with Gasteiger partial charge in [0, 0.05) is 16.9 Å². The third-order valence-corrected chi connectivity index (χ3v) is 5.17. The number of amides is 1. The molecule has 6 nitrogen and oxygen atoms in total. The number of rotatable bonds is 5. The molecule has 0 unspecified atom stereocenters. The van der Waals surface area contributed by atoms with Crippen LogP contribution in [0.25, 0.3) is 0 Å². The monoisotopic (exact) mass is 395 g/mol. The van der Waals surface area contributed by atoms with E-state index in [9.17, 15) is 17.6 Å².